The van der Waals surface area contributed by atoms with E-state index in [1.54, 1.807) is 18.0 Å². The van der Waals surface area contributed by atoms with Crippen molar-refractivity contribution in [2.24, 2.45) is 9.98 Å². The average molecular weight is 339 g/mol. The van der Waals surface area contributed by atoms with Crippen molar-refractivity contribution in [1.82, 2.24) is 14.7 Å². The maximum Gasteiger partial charge on any atom is 0.169 e. The highest BCUT2D eigenvalue weighted by molar-refractivity contribution is 8.14. The second-order valence-corrected chi connectivity index (χ2v) is 6.97. The van der Waals surface area contributed by atoms with Crippen LogP contribution in [0.3, 0.4) is 0 Å². The molecule has 2 aliphatic rings. The Bertz CT molecular complexity index is 779. The van der Waals surface area contributed by atoms with E-state index in [9.17, 15) is 0 Å². The number of amidine groups is 2. The van der Waals surface area contributed by atoms with E-state index < -0.39 is 0 Å². The fourth-order valence-electron chi connectivity index (χ4n) is 2.97. The van der Waals surface area contributed by atoms with Crippen LogP contribution in [-0.2, 0) is 0 Å². The maximum absolute atomic E-state index is 4.85. The molecule has 0 N–H and O–H groups in total. The minimum atomic E-state index is 0.886. The Morgan fingerprint density at radius 3 is 3.12 bits per heavy atom. The zero-order chi connectivity index (χ0) is 16.4. The quantitative estimate of drug-likeness (QED) is 0.800. The molecule has 6 heteroatoms. The van der Waals surface area contributed by atoms with Gasteiger partial charge in [-0.15, -0.1) is 0 Å². The van der Waals surface area contributed by atoms with Crippen LogP contribution in [0.25, 0.3) is 5.69 Å². The largest absolute Gasteiger partial charge is 0.305 e. The zero-order valence-corrected chi connectivity index (χ0v) is 14.7. The lowest BCUT2D eigenvalue weighted by molar-refractivity contribution is 0.551. The van der Waals surface area contributed by atoms with Crippen molar-refractivity contribution < 1.29 is 0 Å². The molecule has 0 aliphatic carbocycles. The number of hydrogen-bond acceptors (Lipinski definition) is 4. The number of fused-ring (bicyclic) bond motifs is 3. The molecule has 124 valence electrons. The second-order valence-electron chi connectivity index (χ2n) is 5.96. The third-order valence-corrected chi connectivity index (χ3v) is 5.31. The number of rotatable bonds is 4. The molecule has 4 rings (SSSR count). The lowest BCUT2D eigenvalue weighted by atomic mass is 10.1. The minimum Gasteiger partial charge on any atom is -0.305 e. The third kappa shape index (κ3) is 2.86. The van der Waals surface area contributed by atoms with Crippen molar-refractivity contribution in [3.63, 3.8) is 0 Å². The lowest BCUT2D eigenvalue weighted by Gasteiger charge is -2.35. The van der Waals surface area contributed by atoms with Crippen LogP contribution in [0.15, 0.2) is 51.5 Å². The summed E-state index contributed by atoms with van der Waals surface area (Å²) in [6.07, 6.45) is 7.16. The predicted molar refractivity (Wildman–Crippen MR) is 99.4 cm³/mol. The van der Waals surface area contributed by atoms with E-state index in [4.69, 9.17) is 9.98 Å². The van der Waals surface area contributed by atoms with Crippen LogP contribution in [0.1, 0.15) is 31.7 Å². The van der Waals surface area contributed by atoms with Gasteiger partial charge in [-0.05, 0) is 37.1 Å². The van der Waals surface area contributed by atoms with Crippen molar-refractivity contribution >= 4 is 22.8 Å². The molecule has 1 aromatic carbocycles. The number of thioether (sulfide) groups is 1. The Labute approximate surface area is 146 Å². The van der Waals surface area contributed by atoms with Crippen molar-refractivity contribution in [1.29, 1.82) is 0 Å². The number of hydrogen-bond donors (Lipinski definition) is 0. The summed E-state index contributed by atoms with van der Waals surface area (Å²) in [4.78, 5) is 13.1. The molecule has 0 radical (unpaired) electrons. The smallest absolute Gasteiger partial charge is 0.169 e. The summed E-state index contributed by atoms with van der Waals surface area (Å²) in [6, 6.07) is 8.41. The third-order valence-electron chi connectivity index (χ3n) is 4.22. The van der Waals surface area contributed by atoms with Crippen LogP contribution < -0.4 is 0 Å². The number of unbranched alkanes of at least 4 members (excludes halogenated alkanes) is 1. The van der Waals surface area contributed by atoms with Crippen molar-refractivity contribution in [2.75, 3.05) is 19.6 Å². The predicted octanol–water partition coefficient (Wildman–Crippen LogP) is 3.59. The first kappa shape index (κ1) is 15.4. The Morgan fingerprint density at radius 1 is 1.33 bits per heavy atom. The Balaban J connectivity index is 1.73. The SMILES string of the molecule is CCCCN=C1Sc2cc(-n3cccn3)ccc2C2=NCCCN12. The average Bonchev–Trinajstić information content (AvgIpc) is 3.16. The molecule has 0 unspecified atom stereocenters. The molecule has 0 atom stereocenters. The number of aromatic nitrogens is 2. The summed E-state index contributed by atoms with van der Waals surface area (Å²) in [5, 5.41) is 5.42. The van der Waals surface area contributed by atoms with Crippen LogP contribution in [0.4, 0.5) is 0 Å². The van der Waals surface area contributed by atoms with E-state index in [0.29, 0.717) is 0 Å². The molecule has 0 saturated carbocycles. The maximum atomic E-state index is 4.85. The highest BCUT2D eigenvalue weighted by Crippen LogP contribution is 2.35. The molecule has 0 spiro atoms. The van der Waals surface area contributed by atoms with Gasteiger partial charge in [0.05, 0.1) is 5.69 Å². The molecule has 0 fully saturated rings. The fraction of sp³-hybridized carbons (Fsp3) is 0.389. The first-order valence-electron chi connectivity index (χ1n) is 8.55. The van der Waals surface area contributed by atoms with Gasteiger partial charge in [0.2, 0.25) is 0 Å². The molecule has 2 aliphatic heterocycles. The highest BCUT2D eigenvalue weighted by Gasteiger charge is 2.30. The van der Waals surface area contributed by atoms with Crippen LogP contribution in [0.2, 0.25) is 0 Å². The Kier molecular flexibility index (Phi) is 4.38. The van der Waals surface area contributed by atoms with E-state index in [-0.39, 0.29) is 0 Å². The van der Waals surface area contributed by atoms with Gasteiger partial charge in [-0.1, -0.05) is 25.1 Å². The van der Waals surface area contributed by atoms with Crippen LogP contribution in [0, 0.1) is 0 Å². The van der Waals surface area contributed by atoms with Crippen LogP contribution >= 0.6 is 11.8 Å². The molecule has 0 amide bonds. The number of benzene rings is 1. The standard InChI is InChI=1S/C18H21N5S/c1-2-3-8-20-18-22-11-4-9-19-17(22)15-7-6-14(13-16(15)24-18)23-12-5-10-21-23/h5-7,10,12-13H,2-4,8-9,11H2,1H3. The number of aliphatic imine (C=N–C) groups is 2. The summed E-state index contributed by atoms with van der Waals surface area (Å²) < 4.78 is 1.89. The first-order chi connectivity index (χ1) is 11.9. The van der Waals surface area contributed by atoms with E-state index in [0.717, 1.165) is 49.2 Å². The second kappa shape index (κ2) is 6.81. The van der Waals surface area contributed by atoms with E-state index in [1.807, 2.05) is 16.9 Å². The summed E-state index contributed by atoms with van der Waals surface area (Å²) in [6.45, 7) is 5.00. The summed E-state index contributed by atoms with van der Waals surface area (Å²) in [7, 11) is 0. The first-order valence-corrected chi connectivity index (χ1v) is 9.37. The van der Waals surface area contributed by atoms with Gasteiger partial charge in [-0.2, -0.15) is 5.10 Å². The topological polar surface area (TPSA) is 45.8 Å². The van der Waals surface area contributed by atoms with Gasteiger partial charge in [0.15, 0.2) is 5.17 Å². The van der Waals surface area contributed by atoms with Gasteiger partial charge in [0.1, 0.15) is 5.84 Å². The van der Waals surface area contributed by atoms with Gasteiger partial charge in [0.25, 0.3) is 0 Å². The van der Waals surface area contributed by atoms with Crippen molar-refractivity contribution in [2.45, 2.75) is 31.1 Å². The summed E-state index contributed by atoms with van der Waals surface area (Å²) in [5.41, 5.74) is 2.29. The molecule has 5 nitrogen and oxygen atoms in total. The summed E-state index contributed by atoms with van der Waals surface area (Å²) in [5.74, 6) is 1.08. The van der Waals surface area contributed by atoms with Crippen molar-refractivity contribution in [3.8, 4) is 5.69 Å². The molecule has 1 aromatic heterocycles. The molecule has 2 aromatic rings. The molecular weight excluding hydrogens is 318 g/mol. The van der Waals surface area contributed by atoms with Crippen LogP contribution in [-0.4, -0.2) is 45.3 Å². The zero-order valence-electron chi connectivity index (χ0n) is 13.9. The molecule has 0 saturated heterocycles. The van der Waals surface area contributed by atoms with Gasteiger partial charge in [0, 0.05) is 42.5 Å². The van der Waals surface area contributed by atoms with E-state index in [1.165, 1.54) is 16.9 Å². The molecule has 0 bridgehead atoms. The minimum absolute atomic E-state index is 0.886. The summed E-state index contributed by atoms with van der Waals surface area (Å²) >= 11 is 1.76. The molecular formula is C18H21N5S. The van der Waals surface area contributed by atoms with E-state index >= 15 is 0 Å². The van der Waals surface area contributed by atoms with Gasteiger partial charge in [-0.25, -0.2) is 4.68 Å². The normalized spacial score (nSPS) is 18.3. The fourth-order valence-corrected chi connectivity index (χ4v) is 4.06. The van der Waals surface area contributed by atoms with Gasteiger partial charge >= 0.3 is 0 Å². The monoisotopic (exact) mass is 339 g/mol. The van der Waals surface area contributed by atoms with Gasteiger partial charge in [-0.3, -0.25) is 9.98 Å². The Hall–Kier alpha value is -2.08. The molecule has 3 heterocycles. The Morgan fingerprint density at radius 2 is 2.29 bits per heavy atom. The van der Waals surface area contributed by atoms with E-state index in [2.05, 4.69) is 35.1 Å². The lowest BCUT2D eigenvalue weighted by Crippen LogP contribution is -2.42. The van der Waals surface area contributed by atoms with Crippen molar-refractivity contribution in [3.05, 3.63) is 42.2 Å². The number of nitrogens with zero attached hydrogens (tertiary/aromatic N) is 5. The van der Waals surface area contributed by atoms with Crippen LogP contribution in [0.5, 0.6) is 0 Å². The molecule has 24 heavy (non-hydrogen) atoms. The highest BCUT2D eigenvalue weighted by atomic mass is 32.2. The van der Waals surface area contributed by atoms with Gasteiger partial charge < -0.3 is 4.90 Å².